The first-order valence-corrected chi connectivity index (χ1v) is 9.71. The van der Waals surface area contributed by atoms with Crippen LogP contribution in [0.5, 0.6) is 0 Å². The molecule has 0 aromatic heterocycles. The highest BCUT2D eigenvalue weighted by Crippen LogP contribution is 2.21. The predicted octanol–water partition coefficient (Wildman–Crippen LogP) is 1.38. The largest absolute Gasteiger partial charge is 0.353 e. The average molecular weight is 378 g/mol. The zero-order chi connectivity index (χ0) is 19.4. The van der Waals surface area contributed by atoms with Gasteiger partial charge in [-0.05, 0) is 63.4 Å². The number of methoxy groups -OCH3 is 1. The molecule has 7 heteroatoms. The van der Waals surface area contributed by atoms with E-state index in [9.17, 15) is 9.18 Å². The van der Waals surface area contributed by atoms with Gasteiger partial charge in [0.2, 0.25) is 5.91 Å². The molecule has 3 rings (SSSR count). The molecule has 150 valence electrons. The first-order chi connectivity index (χ1) is 13.0. The molecule has 2 aliphatic rings. The minimum atomic E-state index is -0.182. The molecule has 6 nitrogen and oxygen atoms in total. The van der Waals surface area contributed by atoms with Crippen LogP contribution >= 0.6 is 0 Å². The van der Waals surface area contributed by atoms with E-state index in [-0.39, 0.29) is 30.3 Å². The molecular formula is C20H31FN4O2. The number of benzene rings is 1. The highest BCUT2D eigenvalue weighted by atomic mass is 19.1. The number of likely N-dealkylation sites (N-methyl/N-ethyl adjacent to an activating group) is 1. The van der Waals surface area contributed by atoms with Gasteiger partial charge in [-0.15, -0.1) is 0 Å². The first kappa shape index (κ1) is 20.2. The van der Waals surface area contributed by atoms with Crippen molar-refractivity contribution >= 4 is 5.91 Å². The van der Waals surface area contributed by atoms with Crippen LogP contribution in [0, 0.1) is 11.7 Å². The summed E-state index contributed by atoms with van der Waals surface area (Å²) in [5, 5.41) is 6.58. The molecular weight excluding hydrogens is 347 g/mol. The maximum Gasteiger partial charge on any atom is 0.238 e. The summed E-state index contributed by atoms with van der Waals surface area (Å²) in [6, 6.07) is 6.63. The molecule has 0 saturated carbocycles. The lowest BCUT2D eigenvalue weighted by Crippen LogP contribution is -2.62. The Kier molecular flexibility index (Phi) is 6.81. The third kappa shape index (κ3) is 5.04. The maximum absolute atomic E-state index is 13.3. The van der Waals surface area contributed by atoms with E-state index in [0.717, 1.165) is 44.3 Å². The van der Waals surface area contributed by atoms with Gasteiger partial charge in [-0.2, -0.15) is 0 Å². The lowest BCUT2D eigenvalue weighted by molar-refractivity contribution is -0.167. The molecule has 4 unspecified atom stereocenters. The molecule has 4 atom stereocenters. The quantitative estimate of drug-likeness (QED) is 0.811. The minimum absolute atomic E-state index is 0.00434. The number of nitrogens with zero attached hydrogens (tertiary/aromatic N) is 2. The van der Waals surface area contributed by atoms with Gasteiger partial charge in [0.05, 0.1) is 12.2 Å². The zero-order valence-electron chi connectivity index (χ0n) is 16.5. The topological polar surface area (TPSA) is 56.8 Å². The van der Waals surface area contributed by atoms with E-state index in [4.69, 9.17) is 4.74 Å². The summed E-state index contributed by atoms with van der Waals surface area (Å²) in [4.78, 5) is 16.8. The van der Waals surface area contributed by atoms with Crippen molar-refractivity contribution in [2.45, 2.75) is 44.2 Å². The number of nitrogens with one attached hydrogen (secondary N) is 2. The van der Waals surface area contributed by atoms with Crippen molar-refractivity contribution in [3.05, 3.63) is 35.6 Å². The van der Waals surface area contributed by atoms with Gasteiger partial charge < -0.3 is 10.1 Å². The molecule has 2 saturated heterocycles. The van der Waals surface area contributed by atoms with Crippen molar-refractivity contribution in [3.8, 4) is 0 Å². The molecule has 0 bridgehead atoms. The van der Waals surface area contributed by atoms with Crippen LogP contribution in [0.4, 0.5) is 4.39 Å². The number of ether oxygens (including phenoxy) is 1. The fourth-order valence-electron chi connectivity index (χ4n) is 4.25. The molecule has 1 amide bonds. The van der Waals surface area contributed by atoms with Gasteiger partial charge >= 0.3 is 0 Å². The van der Waals surface area contributed by atoms with Crippen molar-refractivity contribution in [1.29, 1.82) is 0 Å². The summed E-state index contributed by atoms with van der Waals surface area (Å²) in [7, 11) is 5.59. The van der Waals surface area contributed by atoms with Crippen molar-refractivity contribution in [3.63, 3.8) is 0 Å². The van der Waals surface area contributed by atoms with E-state index in [1.54, 1.807) is 19.2 Å². The van der Waals surface area contributed by atoms with Crippen LogP contribution in [-0.2, 0) is 16.0 Å². The van der Waals surface area contributed by atoms with Crippen molar-refractivity contribution in [2.24, 2.45) is 5.92 Å². The van der Waals surface area contributed by atoms with E-state index < -0.39 is 0 Å². The third-order valence-corrected chi connectivity index (χ3v) is 5.73. The van der Waals surface area contributed by atoms with Gasteiger partial charge in [-0.25, -0.2) is 4.39 Å². The van der Waals surface area contributed by atoms with E-state index >= 15 is 0 Å². The van der Waals surface area contributed by atoms with Gasteiger partial charge in [-0.3, -0.25) is 19.9 Å². The Morgan fingerprint density at radius 2 is 2.15 bits per heavy atom. The summed E-state index contributed by atoms with van der Waals surface area (Å²) < 4.78 is 18.8. The van der Waals surface area contributed by atoms with Crippen LogP contribution in [0.1, 0.15) is 24.8 Å². The van der Waals surface area contributed by atoms with Crippen LogP contribution in [0.15, 0.2) is 24.3 Å². The highest BCUT2D eigenvalue weighted by Gasteiger charge is 2.36. The zero-order valence-corrected chi connectivity index (χ0v) is 16.5. The normalized spacial score (nSPS) is 30.2. The molecule has 1 aromatic rings. The molecule has 2 aliphatic heterocycles. The van der Waals surface area contributed by atoms with Crippen LogP contribution in [0.3, 0.4) is 0 Å². The Labute approximate surface area is 161 Å². The number of halogens is 1. The van der Waals surface area contributed by atoms with Crippen LogP contribution in [0.2, 0.25) is 0 Å². The molecule has 2 N–H and O–H groups in total. The number of amides is 1. The number of piperidine rings is 1. The fraction of sp³-hybridized carbons (Fsp3) is 0.650. The summed E-state index contributed by atoms with van der Waals surface area (Å²) in [5.74, 6) is 0.329. The average Bonchev–Trinajstić information content (AvgIpc) is 2.64. The molecule has 0 spiro atoms. The summed E-state index contributed by atoms with van der Waals surface area (Å²) in [5.41, 5.74) is 1.03. The van der Waals surface area contributed by atoms with E-state index in [0.29, 0.717) is 5.92 Å². The second-order valence-electron chi connectivity index (χ2n) is 7.76. The molecule has 27 heavy (non-hydrogen) atoms. The van der Waals surface area contributed by atoms with Crippen LogP contribution in [0.25, 0.3) is 0 Å². The maximum atomic E-state index is 13.3. The SMILES string of the molecule is COC1N(C)CCC(C(=O)NC2CCC(Cc3cccc(F)c3)CN2)N1C. The lowest BCUT2D eigenvalue weighted by Gasteiger charge is -2.43. The Hall–Kier alpha value is -1.54. The second-order valence-corrected chi connectivity index (χ2v) is 7.76. The van der Waals surface area contributed by atoms with Crippen molar-refractivity contribution in [2.75, 3.05) is 34.3 Å². The smallest absolute Gasteiger partial charge is 0.238 e. The number of hydrogen-bond acceptors (Lipinski definition) is 5. The van der Waals surface area contributed by atoms with E-state index in [1.807, 2.05) is 25.1 Å². The lowest BCUT2D eigenvalue weighted by atomic mass is 9.91. The highest BCUT2D eigenvalue weighted by molar-refractivity contribution is 5.82. The van der Waals surface area contributed by atoms with Crippen LogP contribution < -0.4 is 10.6 Å². The van der Waals surface area contributed by atoms with Gasteiger partial charge in [0.1, 0.15) is 5.82 Å². The van der Waals surface area contributed by atoms with Crippen molar-refractivity contribution < 1.29 is 13.9 Å². The fourth-order valence-corrected chi connectivity index (χ4v) is 4.25. The summed E-state index contributed by atoms with van der Waals surface area (Å²) >= 11 is 0. The Morgan fingerprint density at radius 3 is 2.81 bits per heavy atom. The van der Waals surface area contributed by atoms with E-state index in [1.165, 1.54) is 6.07 Å². The monoisotopic (exact) mass is 378 g/mol. The molecule has 0 radical (unpaired) electrons. The first-order valence-electron chi connectivity index (χ1n) is 9.71. The second kappa shape index (κ2) is 9.10. The van der Waals surface area contributed by atoms with Gasteiger partial charge in [0, 0.05) is 20.2 Å². The number of carbonyl (C=O) groups excluding carboxylic acids is 1. The number of carbonyl (C=O) groups is 1. The number of rotatable bonds is 5. The molecule has 2 fully saturated rings. The molecule has 0 aliphatic carbocycles. The predicted molar refractivity (Wildman–Crippen MR) is 102 cm³/mol. The van der Waals surface area contributed by atoms with Crippen molar-refractivity contribution in [1.82, 2.24) is 20.4 Å². The Balaban J connectivity index is 1.46. The standard InChI is InChI=1S/C20H31FN4O2/c1-24-10-9-17(25(2)20(24)27-3)19(26)23-18-8-7-15(13-22-18)11-14-5-4-6-16(21)12-14/h4-6,12,15,17-18,20,22H,7-11,13H2,1-3H3,(H,23,26). The summed E-state index contributed by atoms with van der Waals surface area (Å²) in [6.45, 7) is 1.65. The van der Waals surface area contributed by atoms with Gasteiger partial charge in [0.15, 0.2) is 6.35 Å². The third-order valence-electron chi connectivity index (χ3n) is 5.73. The summed E-state index contributed by atoms with van der Waals surface area (Å²) in [6.07, 6.45) is 3.36. The van der Waals surface area contributed by atoms with Gasteiger partial charge in [-0.1, -0.05) is 12.1 Å². The van der Waals surface area contributed by atoms with E-state index in [2.05, 4.69) is 15.5 Å². The van der Waals surface area contributed by atoms with Gasteiger partial charge in [0.25, 0.3) is 0 Å². The molecule has 1 aromatic carbocycles. The number of hydrogen-bond donors (Lipinski definition) is 2. The van der Waals surface area contributed by atoms with Crippen LogP contribution in [-0.4, -0.2) is 68.6 Å². The Morgan fingerprint density at radius 1 is 1.33 bits per heavy atom. The Bertz CT molecular complexity index is 636. The minimum Gasteiger partial charge on any atom is -0.353 e. The molecule has 2 heterocycles.